The fraction of sp³-hybridized carbons (Fsp3) is 0.662. The van der Waals surface area contributed by atoms with Crippen LogP contribution in [0, 0.1) is 29.6 Å². The number of anilines is 1. The van der Waals surface area contributed by atoms with Crippen molar-refractivity contribution in [2.75, 3.05) is 59.4 Å². The number of likely N-dealkylation sites (tertiary alicyclic amines) is 2. The first-order chi connectivity index (χ1) is 43.7. The van der Waals surface area contributed by atoms with Gasteiger partial charge in [-0.1, -0.05) is 111 Å². The molecule has 28 heteroatoms. The van der Waals surface area contributed by atoms with Crippen molar-refractivity contribution in [1.29, 1.82) is 0 Å². The van der Waals surface area contributed by atoms with Gasteiger partial charge in [0.1, 0.15) is 43.0 Å². The molecule has 2 aromatic carbocycles. The summed E-state index contributed by atoms with van der Waals surface area (Å²) in [6.07, 6.45) is -1.52. The molecule has 0 aliphatic carbocycles. The van der Waals surface area contributed by atoms with Crippen molar-refractivity contribution in [1.82, 2.24) is 46.2 Å². The van der Waals surface area contributed by atoms with E-state index in [9.17, 15) is 57.6 Å². The summed E-state index contributed by atoms with van der Waals surface area (Å²) in [6, 6.07) is 8.45. The first-order valence-electron chi connectivity index (χ1n) is 32.1. The molecular weight excluding hydrogens is 1220 g/mol. The maximum Gasteiger partial charge on any atom is 0.410 e. The average molecular weight is 1330 g/mol. The number of likely N-dealkylation sites (N-methyl/N-ethyl adjacent to an activating group) is 2. The second kappa shape index (κ2) is 36.6. The molecule has 10 amide bonds. The lowest BCUT2D eigenvalue weighted by atomic mass is 9.89. The normalized spacial score (nSPS) is 18.5. The van der Waals surface area contributed by atoms with Gasteiger partial charge in [0.25, 0.3) is 0 Å². The van der Waals surface area contributed by atoms with Crippen molar-refractivity contribution in [2.45, 2.75) is 194 Å². The molecule has 0 saturated carbocycles. The fourth-order valence-electron chi connectivity index (χ4n) is 12.1. The fourth-order valence-corrected chi connectivity index (χ4v) is 12.6. The maximum atomic E-state index is 14.8. The molecule has 2 fully saturated rings. The Bertz CT molecular complexity index is 2900. The topological polar surface area (TPSA) is 361 Å². The molecule has 2 aliphatic heterocycles. The number of hydrogen-bond donors (Lipinski definition) is 9. The van der Waals surface area contributed by atoms with Crippen LogP contribution >= 0.6 is 7.60 Å². The van der Waals surface area contributed by atoms with Crippen molar-refractivity contribution in [3.8, 4) is 0 Å². The maximum absolute atomic E-state index is 14.8. The highest BCUT2D eigenvalue weighted by Crippen LogP contribution is 2.34. The highest BCUT2D eigenvalue weighted by Gasteiger charge is 2.44. The number of carbonyl (C=O) groups excluding carboxylic acids is 10. The Balaban J connectivity index is 1.35. The molecule has 0 spiro atoms. The Morgan fingerprint density at radius 2 is 1.33 bits per heavy atom. The van der Waals surface area contributed by atoms with Gasteiger partial charge in [0.05, 0.1) is 55.3 Å². The number of aliphatic hydroxyl groups excluding tert-OH is 1. The number of carbonyl (C=O) groups is 10. The summed E-state index contributed by atoms with van der Waals surface area (Å²) in [6.45, 7) is 19.4. The van der Waals surface area contributed by atoms with Gasteiger partial charge in [0.15, 0.2) is 0 Å². The third kappa shape index (κ3) is 22.9. The predicted molar refractivity (Wildman–Crippen MR) is 347 cm³/mol. The van der Waals surface area contributed by atoms with Crippen molar-refractivity contribution < 1.29 is 81.6 Å². The van der Waals surface area contributed by atoms with Gasteiger partial charge in [0, 0.05) is 47.1 Å². The predicted octanol–water partition coefficient (Wildman–Crippen LogP) is 3.84. The lowest BCUT2D eigenvalue weighted by Gasteiger charge is -2.41. The lowest BCUT2D eigenvalue weighted by molar-refractivity contribution is -0.148. The lowest BCUT2D eigenvalue weighted by Crippen LogP contribution is -2.60. The monoisotopic (exact) mass is 1330 g/mol. The molecule has 0 radical (unpaired) electrons. The molecule has 13 atom stereocenters. The second-order valence-electron chi connectivity index (χ2n) is 25.8. The van der Waals surface area contributed by atoms with Crippen LogP contribution in [0.15, 0.2) is 54.6 Å². The van der Waals surface area contributed by atoms with Gasteiger partial charge in [-0.25, -0.2) is 4.79 Å². The molecule has 0 unspecified atom stereocenters. The zero-order valence-corrected chi connectivity index (χ0v) is 57.6. The van der Waals surface area contributed by atoms with Crippen molar-refractivity contribution >= 4 is 72.5 Å². The zero-order chi connectivity index (χ0) is 69.8. The van der Waals surface area contributed by atoms with E-state index >= 15 is 0 Å². The van der Waals surface area contributed by atoms with E-state index in [0.29, 0.717) is 55.5 Å². The first-order valence-corrected chi connectivity index (χ1v) is 33.9. The number of amides is 10. The third-order valence-electron chi connectivity index (χ3n) is 17.4. The minimum atomic E-state index is -4.68. The van der Waals surface area contributed by atoms with E-state index in [1.165, 1.54) is 38.0 Å². The van der Waals surface area contributed by atoms with Gasteiger partial charge >= 0.3 is 13.7 Å². The van der Waals surface area contributed by atoms with Crippen LogP contribution in [0.25, 0.3) is 0 Å². The molecule has 2 aliphatic rings. The Morgan fingerprint density at radius 3 is 1.90 bits per heavy atom. The highest BCUT2D eigenvalue weighted by atomic mass is 31.2. The Morgan fingerprint density at radius 1 is 0.710 bits per heavy atom. The number of nitrogens with one attached hydrogen (secondary N) is 6. The minimum Gasteiger partial charge on any atom is -0.445 e. The molecule has 2 aromatic rings. The number of aliphatic hydroxyl groups is 1. The summed E-state index contributed by atoms with van der Waals surface area (Å²) in [5.74, 6) is -6.96. The van der Waals surface area contributed by atoms with Crippen molar-refractivity contribution in [3.63, 3.8) is 0 Å². The number of rotatable bonds is 34. The summed E-state index contributed by atoms with van der Waals surface area (Å²) in [5.41, 5.74) is 1.59. The van der Waals surface area contributed by atoms with E-state index < -0.39 is 152 Å². The Kier molecular flexibility index (Phi) is 30.8. The summed E-state index contributed by atoms with van der Waals surface area (Å²) >= 11 is 0. The summed E-state index contributed by atoms with van der Waals surface area (Å²) in [7, 11) is 1.39. The van der Waals surface area contributed by atoms with Gasteiger partial charge in [-0.05, 0) is 92.9 Å². The van der Waals surface area contributed by atoms with Gasteiger partial charge in [-0.3, -0.25) is 52.6 Å². The van der Waals surface area contributed by atoms with Crippen LogP contribution in [-0.4, -0.2) is 208 Å². The molecule has 0 aromatic heterocycles. The van der Waals surface area contributed by atoms with Gasteiger partial charge < -0.3 is 75.7 Å². The second-order valence-corrected chi connectivity index (χ2v) is 27.4. The highest BCUT2D eigenvalue weighted by molar-refractivity contribution is 7.52. The average Bonchev–Trinajstić information content (AvgIpc) is 1.31. The molecule has 0 bridgehead atoms. The largest absolute Gasteiger partial charge is 0.445 e. The number of ether oxygens (including phenoxy) is 3. The van der Waals surface area contributed by atoms with E-state index in [1.54, 1.807) is 109 Å². The van der Waals surface area contributed by atoms with E-state index in [2.05, 4.69) is 31.9 Å². The standard InChI is InChI=1S/C65H103N10O17P/c1-16-40(8)56(50(90-14)33-52(77)74-30-20-24-48(74)58(91-15)41(9)59(80)68-42(10)57(79)45-22-18-17-19-23-45)72(12)64(85)54(38(4)5)71-63(84)55(39(6)7)73(13)65(86)92-35-44-26-28-46(29-27-44)69-62(83)49-25-21-31-75(49)53(78)34-66-61(82)47(32-37(2)3)70-60(81)43(11)67-51(76)36-93(87,88)89/h17-19,22-23,26-29,37-43,47-50,54-58,79H,16,20-21,24-25,30-36H2,1-15H3,(H,66,82)(H,67,76)(H,68,80)(H,69,83)(H,70,81)(H,71,84)(H2,87,88,89)/t40-,41+,42+,43-,47-,48-,49-,50+,54-,55-,56-,57+,58+/m0/s1. The van der Waals surface area contributed by atoms with Crippen molar-refractivity contribution in [3.05, 3.63) is 65.7 Å². The number of nitrogens with zero attached hydrogens (tertiary/aromatic N) is 4. The molecule has 4 rings (SSSR count). The molecule has 27 nitrogen and oxygen atoms in total. The smallest absolute Gasteiger partial charge is 0.410 e. The summed E-state index contributed by atoms with van der Waals surface area (Å²) < 4.78 is 28.9. The molecular formula is C65H103N10O17P. The van der Waals surface area contributed by atoms with Gasteiger partial charge in [-0.15, -0.1) is 0 Å². The van der Waals surface area contributed by atoms with E-state index in [-0.39, 0.29) is 49.6 Å². The van der Waals surface area contributed by atoms with Crippen LogP contribution in [0.5, 0.6) is 0 Å². The van der Waals surface area contributed by atoms with Crippen molar-refractivity contribution in [2.24, 2.45) is 29.6 Å². The summed E-state index contributed by atoms with van der Waals surface area (Å²) in [5, 5.41) is 26.9. The molecule has 9 N–H and O–H groups in total. The van der Waals surface area contributed by atoms with Crippen LogP contribution in [-0.2, 0) is 68.5 Å². The molecule has 520 valence electrons. The SMILES string of the molecule is CC[C@H](C)[C@@H]([C@@H](CC(=O)N1CCC[C@H]1[C@H](OC)[C@@H](C)C(=O)N[C@H](C)[C@@H](O)c1ccccc1)OC)N(C)C(=O)[C@@H](NC(=O)[C@H](C(C)C)N(C)C(=O)OCc1ccc(NC(=O)[C@@H]2CCCN2C(=O)CNC(=O)[C@H](CC(C)C)NC(=O)[C@H](C)NC(=O)CP(=O)(O)O)cc1)C(C)C. The molecule has 93 heavy (non-hydrogen) atoms. The van der Waals surface area contributed by atoms with E-state index in [0.717, 1.165) is 0 Å². The third-order valence-corrected chi connectivity index (χ3v) is 18.1. The Hall–Kier alpha value is -7.03. The Labute approximate surface area is 547 Å². The summed E-state index contributed by atoms with van der Waals surface area (Å²) in [4.78, 5) is 160. The first kappa shape index (κ1) is 78.4. The van der Waals surface area contributed by atoms with Gasteiger partial charge in [0.2, 0.25) is 53.2 Å². The van der Waals surface area contributed by atoms with Crippen LogP contribution in [0.1, 0.15) is 138 Å². The van der Waals surface area contributed by atoms with Gasteiger partial charge in [-0.2, -0.15) is 0 Å². The van der Waals surface area contributed by atoms with Crippen LogP contribution in [0.4, 0.5) is 10.5 Å². The number of hydrogen-bond acceptors (Lipinski definition) is 15. The molecule has 2 heterocycles. The number of benzene rings is 2. The number of methoxy groups -OCH3 is 2. The van der Waals surface area contributed by atoms with Crippen LogP contribution in [0.3, 0.4) is 0 Å². The minimum absolute atomic E-state index is 0.0923. The van der Waals surface area contributed by atoms with Crippen LogP contribution in [0.2, 0.25) is 0 Å². The molecule has 2 saturated heterocycles. The zero-order valence-electron chi connectivity index (χ0n) is 56.7. The quantitative estimate of drug-likeness (QED) is 0.0450. The van der Waals surface area contributed by atoms with Crippen LogP contribution < -0.4 is 31.9 Å². The van der Waals surface area contributed by atoms with E-state index in [1.807, 2.05) is 32.0 Å². The van der Waals surface area contributed by atoms with E-state index in [4.69, 9.17) is 24.0 Å².